The largest absolute Gasteiger partial charge is 0.508 e. The Morgan fingerprint density at radius 3 is 2.56 bits per heavy atom. The molecule has 2 rings (SSSR count). The number of benzene rings is 1. The molecule has 88 valence electrons. The molecule has 0 aliphatic carbocycles. The first-order chi connectivity index (χ1) is 7.61. The third-order valence-corrected chi connectivity index (χ3v) is 3.79. The summed E-state index contributed by atoms with van der Waals surface area (Å²) in [6.45, 7) is 7.32. The minimum Gasteiger partial charge on any atom is -0.508 e. The van der Waals surface area contributed by atoms with E-state index in [2.05, 4.69) is 19.2 Å². The van der Waals surface area contributed by atoms with Crippen LogP contribution in [0, 0.1) is 20.8 Å². The zero-order valence-electron chi connectivity index (χ0n) is 10.4. The summed E-state index contributed by atoms with van der Waals surface area (Å²) < 4.78 is 0. The second kappa shape index (κ2) is 4.46. The molecule has 1 aliphatic heterocycles. The lowest BCUT2D eigenvalue weighted by molar-refractivity contribution is 0.408. The summed E-state index contributed by atoms with van der Waals surface area (Å²) >= 11 is 0. The van der Waals surface area contributed by atoms with Crippen molar-refractivity contribution in [2.24, 2.45) is 0 Å². The highest BCUT2D eigenvalue weighted by Gasteiger charge is 2.20. The van der Waals surface area contributed by atoms with Crippen LogP contribution < -0.4 is 5.32 Å². The van der Waals surface area contributed by atoms with Gasteiger partial charge in [-0.25, -0.2) is 0 Å². The summed E-state index contributed by atoms with van der Waals surface area (Å²) in [5, 5.41) is 13.4. The molecule has 2 N–H and O–H groups in total. The molecule has 1 aromatic rings. The fraction of sp³-hybridized carbons (Fsp3) is 0.571. The molecular weight excluding hydrogens is 198 g/mol. The Morgan fingerprint density at radius 2 is 1.94 bits per heavy atom. The molecule has 2 nitrogen and oxygen atoms in total. The van der Waals surface area contributed by atoms with Crippen LogP contribution in [0.2, 0.25) is 0 Å². The van der Waals surface area contributed by atoms with E-state index in [9.17, 15) is 5.11 Å². The number of rotatable bonds is 1. The third-order valence-electron chi connectivity index (χ3n) is 3.79. The van der Waals surface area contributed by atoms with Crippen molar-refractivity contribution in [1.29, 1.82) is 0 Å². The Hall–Kier alpha value is -1.02. The monoisotopic (exact) mass is 219 g/mol. The van der Waals surface area contributed by atoms with Crippen LogP contribution in [-0.2, 0) is 0 Å². The summed E-state index contributed by atoms with van der Waals surface area (Å²) in [6.07, 6.45) is 3.80. The first-order valence-corrected chi connectivity index (χ1v) is 6.14. The van der Waals surface area contributed by atoms with E-state index >= 15 is 0 Å². The molecule has 0 bridgehead atoms. The highest BCUT2D eigenvalue weighted by atomic mass is 16.3. The molecule has 1 atom stereocenters. The Kier molecular flexibility index (Phi) is 3.20. The predicted octanol–water partition coefficient (Wildman–Crippen LogP) is 3.13. The van der Waals surface area contributed by atoms with Crippen molar-refractivity contribution in [3.05, 3.63) is 28.3 Å². The Morgan fingerprint density at radius 1 is 1.19 bits per heavy atom. The van der Waals surface area contributed by atoms with Crippen molar-refractivity contribution >= 4 is 0 Å². The van der Waals surface area contributed by atoms with Gasteiger partial charge in [0.05, 0.1) is 0 Å². The van der Waals surface area contributed by atoms with Crippen LogP contribution in [0.1, 0.15) is 47.6 Å². The first kappa shape index (κ1) is 11.5. The second-order valence-corrected chi connectivity index (χ2v) is 4.88. The standard InChI is InChI=1S/C14H21NO/c1-9-8-13(16)10(2)11(3)14(9)12-6-4-5-7-15-12/h8,12,15-16H,4-7H2,1-3H3. The molecule has 0 spiro atoms. The molecule has 2 heteroatoms. The van der Waals surface area contributed by atoms with E-state index in [0.29, 0.717) is 11.8 Å². The maximum Gasteiger partial charge on any atom is 0.119 e. The van der Waals surface area contributed by atoms with Gasteiger partial charge in [0.15, 0.2) is 0 Å². The summed E-state index contributed by atoms with van der Waals surface area (Å²) in [5.41, 5.74) is 4.87. The molecule has 0 radical (unpaired) electrons. The molecule has 0 aromatic heterocycles. The molecule has 16 heavy (non-hydrogen) atoms. The number of phenols is 1. The minimum atomic E-state index is 0.426. The smallest absolute Gasteiger partial charge is 0.119 e. The van der Waals surface area contributed by atoms with Gasteiger partial charge in [0.1, 0.15) is 5.75 Å². The van der Waals surface area contributed by atoms with Crippen molar-refractivity contribution in [1.82, 2.24) is 5.32 Å². The molecule has 0 amide bonds. The maximum atomic E-state index is 9.78. The van der Waals surface area contributed by atoms with Crippen molar-refractivity contribution in [2.75, 3.05) is 6.54 Å². The van der Waals surface area contributed by atoms with Crippen LogP contribution in [0.25, 0.3) is 0 Å². The van der Waals surface area contributed by atoms with Crippen molar-refractivity contribution in [2.45, 2.75) is 46.1 Å². The van der Waals surface area contributed by atoms with E-state index in [-0.39, 0.29) is 0 Å². The lowest BCUT2D eigenvalue weighted by Crippen LogP contribution is -2.28. The summed E-state index contributed by atoms with van der Waals surface area (Å²) in [4.78, 5) is 0. The number of nitrogens with one attached hydrogen (secondary N) is 1. The van der Waals surface area contributed by atoms with E-state index < -0.39 is 0 Å². The van der Waals surface area contributed by atoms with Crippen LogP contribution in [-0.4, -0.2) is 11.7 Å². The fourth-order valence-electron chi connectivity index (χ4n) is 2.72. The SMILES string of the molecule is Cc1cc(O)c(C)c(C)c1C1CCCCN1. The van der Waals surface area contributed by atoms with Crippen LogP contribution in [0.5, 0.6) is 5.75 Å². The van der Waals surface area contributed by atoms with Gasteiger partial charge in [-0.15, -0.1) is 0 Å². The van der Waals surface area contributed by atoms with Gasteiger partial charge in [-0.2, -0.15) is 0 Å². The van der Waals surface area contributed by atoms with Gasteiger partial charge >= 0.3 is 0 Å². The highest BCUT2D eigenvalue weighted by Crippen LogP contribution is 2.33. The molecule has 1 heterocycles. The van der Waals surface area contributed by atoms with Gasteiger partial charge in [-0.05, 0) is 68.5 Å². The molecular formula is C14H21NO. The van der Waals surface area contributed by atoms with Gasteiger partial charge in [-0.3, -0.25) is 0 Å². The number of hydrogen-bond acceptors (Lipinski definition) is 2. The molecule has 1 fully saturated rings. The van der Waals surface area contributed by atoms with E-state index in [4.69, 9.17) is 0 Å². The van der Waals surface area contributed by atoms with Crippen LogP contribution in [0.3, 0.4) is 0 Å². The molecule has 1 aromatic carbocycles. The van der Waals surface area contributed by atoms with Crippen molar-refractivity contribution < 1.29 is 5.11 Å². The number of aromatic hydroxyl groups is 1. The molecule has 0 saturated carbocycles. The van der Waals surface area contributed by atoms with Gasteiger partial charge < -0.3 is 10.4 Å². The van der Waals surface area contributed by atoms with Crippen molar-refractivity contribution in [3.63, 3.8) is 0 Å². The van der Waals surface area contributed by atoms with Gasteiger partial charge in [0, 0.05) is 6.04 Å². The lowest BCUT2D eigenvalue weighted by Gasteiger charge is -2.27. The number of piperidine rings is 1. The van der Waals surface area contributed by atoms with E-state index in [0.717, 1.165) is 12.1 Å². The third kappa shape index (κ3) is 1.94. The summed E-state index contributed by atoms with van der Waals surface area (Å²) in [7, 11) is 0. The summed E-state index contributed by atoms with van der Waals surface area (Å²) in [6, 6.07) is 2.38. The Labute approximate surface area is 97.7 Å². The normalized spacial score (nSPS) is 21.1. The molecule has 1 saturated heterocycles. The van der Waals surface area contributed by atoms with E-state index in [1.807, 2.05) is 13.0 Å². The summed E-state index contributed by atoms with van der Waals surface area (Å²) in [5.74, 6) is 0.426. The minimum absolute atomic E-state index is 0.426. The average Bonchev–Trinajstić information content (AvgIpc) is 2.28. The van der Waals surface area contributed by atoms with E-state index in [1.54, 1.807) is 0 Å². The lowest BCUT2D eigenvalue weighted by atomic mass is 9.88. The molecule has 1 aliphatic rings. The van der Waals surface area contributed by atoms with Gasteiger partial charge in [0.25, 0.3) is 0 Å². The number of aryl methyl sites for hydroxylation is 1. The van der Waals surface area contributed by atoms with Gasteiger partial charge in [0.2, 0.25) is 0 Å². The zero-order valence-corrected chi connectivity index (χ0v) is 10.4. The highest BCUT2D eigenvalue weighted by molar-refractivity contribution is 5.48. The Bertz CT molecular complexity index is 392. The maximum absolute atomic E-state index is 9.78. The predicted molar refractivity (Wildman–Crippen MR) is 66.9 cm³/mol. The quantitative estimate of drug-likeness (QED) is 0.760. The van der Waals surface area contributed by atoms with Crippen LogP contribution in [0.15, 0.2) is 6.07 Å². The number of hydrogen-bond donors (Lipinski definition) is 2. The zero-order chi connectivity index (χ0) is 11.7. The van der Waals surface area contributed by atoms with Crippen LogP contribution >= 0.6 is 0 Å². The van der Waals surface area contributed by atoms with Crippen LogP contribution in [0.4, 0.5) is 0 Å². The average molecular weight is 219 g/mol. The van der Waals surface area contributed by atoms with Crippen molar-refractivity contribution in [3.8, 4) is 5.75 Å². The first-order valence-electron chi connectivity index (χ1n) is 6.14. The molecule has 1 unspecified atom stereocenters. The van der Waals surface area contributed by atoms with Gasteiger partial charge in [-0.1, -0.05) is 6.42 Å². The Balaban J connectivity index is 2.42. The topological polar surface area (TPSA) is 32.3 Å². The second-order valence-electron chi connectivity index (χ2n) is 4.88. The fourth-order valence-corrected chi connectivity index (χ4v) is 2.72. The van der Waals surface area contributed by atoms with E-state index in [1.165, 1.54) is 36.0 Å². The number of phenolic OH excluding ortho intramolecular Hbond substituents is 1.